The van der Waals surface area contributed by atoms with Crippen molar-refractivity contribution in [3.8, 4) is 6.07 Å². The van der Waals surface area contributed by atoms with E-state index in [9.17, 15) is 14.4 Å². The molecule has 3 aromatic heterocycles. The number of rotatable bonds is 3. The average Bonchev–Trinajstić information content (AvgIpc) is 3.23. The zero-order valence-corrected chi connectivity index (χ0v) is 17.7. The van der Waals surface area contributed by atoms with Gasteiger partial charge in [0.25, 0.3) is 5.56 Å². The number of aryl methyl sites for hydroxylation is 1. The van der Waals surface area contributed by atoms with Gasteiger partial charge in [0.15, 0.2) is 4.96 Å². The Kier molecular flexibility index (Phi) is 4.88. The average molecular weight is 435 g/mol. The van der Waals surface area contributed by atoms with Crippen LogP contribution in [0.25, 0.3) is 15.9 Å². The van der Waals surface area contributed by atoms with Gasteiger partial charge in [-0.25, -0.2) is 9.37 Å². The van der Waals surface area contributed by atoms with Crippen LogP contribution in [0, 0.1) is 24.1 Å². The quantitative estimate of drug-likeness (QED) is 0.493. The first kappa shape index (κ1) is 19.6. The highest BCUT2D eigenvalue weighted by atomic mass is 32.1. The van der Waals surface area contributed by atoms with Crippen LogP contribution in [0.1, 0.15) is 16.8 Å². The fraction of sp³-hybridized carbons (Fsp3) is 0.273. The number of benzene rings is 1. The number of nitriles is 1. The highest BCUT2D eigenvalue weighted by Crippen LogP contribution is 2.32. The molecule has 7 nitrogen and oxygen atoms in total. The zero-order chi connectivity index (χ0) is 21.5. The van der Waals surface area contributed by atoms with Gasteiger partial charge in [0, 0.05) is 62.0 Å². The maximum absolute atomic E-state index is 14.1. The van der Waals surface area contributed by atoms with E-state index < -0.39 is 0 Å². The number of anilines is 1. The molecule has 31 heavy (non-hydrogen) atoms. The highest BCUT2D eigenvalue weighted by molar-refractivity contribution is 7.15. The van der Waals surface area contributed by atoms with Crippen LogP contribution in [0.4, 0.5) is 10.1 Å². The standard InChI is InChI=1S/C22H19FN6OS/c1-14-8-16(23)9-18-20(14)25-12-15(11-24)21(18)28-4-2-27(3-5-28)13-17-10-19(30)29-6-7-31-22(29)26-17/h6-10,12H,2-5,13H2,1H3. The second-order valence-corrected chi connectivity index (χ2v) is 8.53. The van der Waals surface area contributed by atoms with Gasteiger partial charge in [-0.15, -0.1) is 11.3 Å². The number of pyridine rings is 1. The Hall–Kier alpha value is -3.35. The van der Waals surface area contributed by atoms with Gasteiger partial charge in [-0.1, -0.05) is 0 Å². The van der Waals surface area contributed by atoms with Gasteiger partial charge in [0.05, 0.1) is 22.5 Å². The summed E-state index contributed by atoms with van der Waals surface area (Å²) in [6.07, 6.45) is 3.30. The minimum Gasteiger partial charge on any atom is -0.367 e. The SMILES string of the molecule is Cc1cc(F)cc2c(N3CCN(Cc4cc(=O)n5ccsc5n4)CC3)c(C#N)cnc12. The van der Waals surface area contributed by atoms with E-state index in [0.717, 1.165) is 30.0 Å². The number of halogens is 1. The molecule has 1 aliphatic heterocycles. The molecule has 0 unspecified atom stereocenters. The summed E-state index contributed by atoms with van der Waals surface area (Å²) >= 11 is 1.44. The van der Waals surface area contributed by atoms with Gasteiger partial charge in [-0.05, 0) is 24.6 Å². The lowest BCUT2D eigenvalue weighted by atomic mass is 10.0. The second-order valence-electron chi connectivity index (χ2n) is 7.66. The molecular formula is C22H19FN6OS. The summed E-state index contributed by atoms with van der Waals surface area (Å²) in [6.45, 7) is 5.27. The number of thiazole rings is 1. The Morgan fingerprint density at radius 2 is 2.03 bits per heavy atom. The molecular weight excluding hydrogens is 415 g/mol. The van der Waals surface area contributed by atoms with E-state index in [0.29, 0.717) is 41.1 Å². The lowest BCUT2D eigenvalue weighted by Gasteiger charge is -2.36. The lowest BCUT2D eigenvalue weighted by molar-refractivity contribution is 0.247. The largest absolute Gasteiger partial charge is 0.367 e. The van der Waals surface area contributed by atoms with E-state index >= 15 is 0 Å². The van der Waals surface area contributed by atoms with Crippen LogP contribution in [-0.4, -0.2) is 45.4 Å². The minimum absolute atomic E-state index is 0.0702. The third-order valence-corrected chi connectivity index (χ3v) is 6.41. The first-order valence-corrected chi connectivity index (χ1v) is 10.8. The normalized spacial score (nSPS) is 14.9. The molecule has 4 aromatic rings. The number of piperazine rings is 1. The van der Waals surface area contributed by atoms with Gasteiger partial charge in [-0.2, -0.15) is 5.26 Å². The molecule has 0 spiro atoms. The van der Waals surface area contributed by atoms with Gasteiger partial charge in [0.2, 0.25) is 0 Å². The van der Waals surface area contributed by atoms with Crippen molar-refractivity contribution in [2.75, 3.05) is 31.1 Å². The van der Waals surface area contributed by atoms with Crippen molar-refractivity contribution in [2.24, 2.45) is 0 Å². The molecule has 1 saturated heterocycles. The molecule has 156 valence electrons. The summed E-state index contributed by atoms with van der Waals surface area (Å²) in [5, 5.41) is 12.1. The van der Waals surface area contributed by atoms with E-state index in [1.165, 1.54) is 23.5 Å². The highest BCUT2D eigenvalue weighted by Gasteiger charge is 2.23. The summed E-state index contributed by atoms with van der Waals surface area (Å²) in [6, 6.07) is 6.72. The minimum atomic E-state index is -0.330. The molecule has 1 aromatic carbocycles. The number of nitrogens with zero attached hydrogens (tertiary/aromatic N) is 6. The van der Waals surface area contributed by atoms with Crippen molar-refractivity contribution in [1.82, 2.24) is 19.3 Å². The Morgan fingerprint density at radius 3 is 2.81 bits per heavy atom. The maximum atomic E-state index is 14.1. The molecule has 1 aliphatic rings. The van der Waals surface area contributed by atoms with Crippen molar-refractivity contribution in [3.63, 3.8) is 0 Å². The Bertz CT molecular complexity index is 1400. The van der Waals surface area contributed by atoms with Crippen LogP contribution in [0.2, 0.25) is 0 Å². The van der Waals surface area contributed by atoms with E-state index in [4.69, 9.17) is 0 Å². The number of aromatic nitrogens is 3. The number of hydrogen-bond acceptors (Lipinski definition) is 7. The first-order chi connectivity index (χ1) is 15.0. The predicted molar refractivity (Wildman–Crippen MR) is 118 cm³/mol. The number of hydrogen-bond donors (Lipinski definition) is 0. The monoisotopic (exact) mass is 434 g/mol. The van der Waals surface area contributed by atoms with Crippen LogP contribution in [0.5, 0.6) is 0 Å². The van der Waals surface area contributed by atoms with Crippen molar-refractivity contribution in [3.05, 3.63) is 69.0 Å². The molecule has 5 rings (SSSR count). The van der Waals surface area contributed by atoms with E-state index in [-0.39, 0.29) is 11.4 Å². The first-order valence-electron chi connectivity index (χ1n) is 9.95. The molecule has 0 saturated carbocycles. The summed E-state index contributed by atoms with van der Waals surface area (Å²) in [5.41, 5.74) is 3.34. The summed E-state index contributed by atoms with van der Waals surface area (Å²) < 4.78 is 15.7. The third kappa shape index (κ3) is 3.54. The van der Waals surface area contributed by atoms with Crippen LogP contribution in [0.3, 0.4) is 0 Å². The molecule has 1 fully saturated rings. The second kappa shape index (κ2) is 7.72. The van der Waals surface area contributed by atoms with Crippen LogP contribution in [0.15, 0.2) is 40.8 Å². The van der Waals surface area contributed by atoms with Gasteiger partial charge < -0.3 is 4.90 Å². The molecule has 0 atom stereocenters. The van der Waals surface area contributed by atoms with Crippen molar-refractivity contribution in [1.29, 1.82) is 5.26 Å². The summed E-state index contributed by atoms with van der Waals surface area (Å²) in [5.74, 6) is -0.330. The molecule has 0 radical (unpaired) electrons. The van der Waals surface area contributed by atoms with Crippen molar-refractivity contribution >= 4 is 32.9 Å². The summed E-state index contributed by atoms with van der Waals surface area (Å²) in [4.78, 5) is 26.3. The van der Waals surface area contributed by atoms with E-state index in [1.807, 2.05) is 12.3 Å². The molecule has 4 heterocycles. The molecule has 0 bridgehead atoms. The number of fused-ring (bicyclic) bond motifs is 2. The zero-order valence-electron chi connectivity index (χ0n) is 16.9. The maximum Gasteiger partial charge on any atom is 0.258 e. The van der Waals surface area contributed by atoms with Crippen LogP contribution in [-0.2, 0) is 6.54 Å². The third-order valence-electron chi connectivity index (χ3n) is 5.65. The van der Waals surface area contributed by atoms with Gasteiger partial charge in [0.1, 0.15) is 11.9 Å². The van der Waals surface area contributed by atoms with Crippen molar-refractivity contribution in [2.45, 2.75) is 13.5 Å². The lowest BCUT2D eigenvalue weighted by Crippen LogP contribution is -2.46. The Morgan fingerprint density at radius 1 is 1.23 bits per heavy atom. The topological polar surface area (TPSA) is 77.5 Å². The fourth-order valence-corrected chi connectivity index (χ4v) is 4.91. The smallest absolute Gasteiger partial charge is 0.258 e. The van der Waals surface area contributed by atoms with E-state index in [1.54, 1.807) is 22.9 Å². The Labute approximate surface area is 181 Å². The fourth-order valence-electron chi connectivity index (χ4n) is 4.17. The predicted octanol–water partition coefficient (Wildman–Crippen LogP) is 2.95. The molecule has 0 amide bonds. The molecule has 0 N–H and O–H groups in total. The molecule has 9 heteroatoms. The molecule has 0 aliphatic carbocycles. The van der Waals surface area contributed by atoms with Gasteiger partial charge >= 0.3 is 0 Å². The van der Waals surface area contributed by atoms with E-state index in [2.05, 4.69) is 25.8 Å². The summed E-state index contributed by atoms with van der Waals surface area (Å²) in [7, 11) is 0. The van der Waals surface area contributed by atoms with Crippen molar-refractivity contribution < 1.29 is 4.39 Å². The Balaban J connectivity index is 1.39. The van der Waals surface area contributed by atoms with Crippen LogP contribution < -0.4 is 10.5 Å². The van der Waals surface area contributed by atoms with Gasteiger partial charge in [-0.3, -0.25) is 19.1 Å². The van der Waals surface area contributed by atoms with Crippen LogP contribution >= 0.6 is 11.3 Å².